The smallest absolute Gasteiger partial charge is 0.257 e. The molecule has 0 saturated heterocycles. The molecule has 3 aromatic rings. The van der Waals surface area contributed by atoms with Gasteiger partial charge < -0.3 is 0 Å². The Morgan fingerprint density at radius 1 is 1.20 bits per heavy atom. The van der Waals surface area contributed by atoms with Crippen LogP contribution in [0.2, 0.25) is 0 Å². The van der Waals surface area contributed by atoms with Crippen molar-refractivity contribution in [3.63, 3.8) is 0 Å². The fourth-order valence-electron chi connectivity index (χ4n) is 2.51. The van der Waals surface area contributed by atoms with Crippen molar-refractivity contribution in [2.24, 2.45) is 0 Å². The van der Waals surface area contributed by atoms with Crippen LogP contribution in [0.3, 0.4) is 0 Å². The van der Waals surface area contributed by atoms with E-state index in [9.17, 15) is 4.79 Å². The summed E-state index contributed by atoms with van der Waals surface area (Å²) in [6.07, 6.45) is 0.287. The minimum absolute atomic E-state index is 0.219. The quantitative estimate of drug-likeness (QED) is 0.741. The summed E-state index contributed by atoms with van der Waals surface area (Å²) >= 11 is 1.46. The molecule has 0 radical (unpaired) electrons. The molecule has 0 atom stereocenters. The molecule has 124 valence electrons. The van der Waals surface area contributed by atoms with Crippen LogP contribution in [0.1, 0.15) is 26.4 Å². The van der Waals surface area contributed by atoms with E-state index in [-0.39, 0.29) is 12.3 Å². The van der Waals surface area contributed by atoms with Crippen LogP contribution in [0.5, 0.6) is 0 Å². The van der Waals surface area contributed by atoms with E-state index in [4.69, 9.17) is 5.26 Å². The fraction of sp³-hybridized carbons (Fsp3) is 0.150. The largest absolute Gasteiger partial charge is 0.298 e. The van der Waals surface area contributed by atoms with Gasteiger partial charge in [-0.3, -0.25) is 10.1 Å². The lowest BCUT2D eigenvalue weighted by molar-refractivity contribution is 0.102. The normalized spacial score (nSPS) is 10.3. The molecule has 0 unspecified atom stereocenters. The average Bonchev–Trinajstić information content (AvgIpc) is 2.96. The molecule has 25 heavy (non-hydrogen) atoms. The van der Waals surface area contributed by atoms with Crippen molar-refractivity contribution in [3.8, 4) is 17.3 Å². The third kappa shape index (κ3) is 3.93. The molecule has 0 aliphatic carbocycles. The van der Waals surface area contributed by atoms with Crippen LogP contribution in [0.25, 0.3) is 11.3 Å². The summed E-state index contributed by atoms with van der Waals surface area (Å²) in [6.45, 7) is 4.04. The van der Waals surface area contributed by atoms with Gasteiger partial charge in [0.05, 0.1) is 18.2 Å². The predicted octanol–water partition coefficient (Wildman–Crippen LogP) is 4.75. The summed E-state index contributed by atoms with van der Waals surface area (Å²) in [5.41, 5.74) is 4.47. The number of carbonyl (C=O) groups excluding carboxylic acids is 1. The van der Waals surface area contributed by atoms with Crippen LogP contribution in [0.4, 0.5) is 5.13 Å². The summed E-state index contributed by atoms with van der Waals surface area (Å²) in [6, 6.07) is 17.4. The number of nitrogens with zero attached hydrogens (tertiary/aromatic N) is 2. The Bertz CT molecular complexity index is 952. The molecule has 1 amide bonds. The molecule has 1 aromatic heterocycles. The number of amides is 1. The number of benzene rings is 2. The minimum Gasteiger partial charge on any atom is -0.298 e. The Kier molecular flexibility index (Phi) is 4.92. The van der Waals surface area contributed by atoms with E-state index in [1.54, 1.807) is 18.2 Å². The van der Waals surface area contributed by atoms with Crippen LogP contribution < -0.4 is 5.32 Å². The monoisotopic (exact) mass is 347 g/mol. The highest BCUT2D eigenvalue weighted by atomic mass is 32.1. The molecule has 0 bridgehead atoms. The number of hydrogen-bond acceptors (Lipinski definition) is 4. The lowest BCUT2D eigenvalue weighted by atomic mass is 10.1. The third-order valence-corrected chi connectivity index (χ3v) is 4.70. The molecule has 0 aliphatic rings. The molecule has 1 heterocycles. The number of thiazole rings is 1. The van der Waals surface area contributed by atoms with E-state index in [1.165, 1.54) is 16.9 Å². The highest BCUT2D eigenvalue weighted by molar-refractivity contribution is 7.16. The first-order chi connectivity index (χ1) is 12.1. The standard InChI is InChI=1S/C20H17N3OS/c1-13-6-8-16(9-7-13)18-14(2)25-20(22-18)23-19(24)17-5-3-4-15(12-17)10-11-21/h3-9,12H,10H2,1-2H3,(H,22,23,24). The molecular formula is C20H17N3OS. The summed E-state index contributed by atoms with van der Waals surface area (Å²) in [5.74, 6) is -0.219. The van der Waals surface area contributed by atoms with Gasteiger partial charge in [-0.2, -0.15) is 5.26 Å². The van der Waals surface area contributed by atoms with Gasteiger partial charge in [0, 0.05) is 16.0 Å². The molecule has 3 rings (SSSR count). The van der Waals surface area contributed by atoms with E-state index in [2.05, 4.69) is 16.4 Å². The number of nitriles is 1. The Morgan fingerprint density at radius 3 is 2.68 bits per heavy atom. The van der Waals surface area contributed by atoms with Crippen molar-refractivity contribution in [2.75, 3.05) is 5.32 Å². The fourth-order valence-corrected chi connectivity index (χ4v) is 3.34. The second-order valence-corrected chi connectivity index (χ2v) is 6.98. The van der Waals surface area contributed by atoms with E-state index in [0.717, 1.165) is 21.7 Å². The van der Waals surface area contributed by atoms with Crippen LogP contribution in [-0.2, 0) is 6.42 Å². The van der Waals surface area contributed by atoms with E-state index in [1.807, 2.05) is 44.2 Å². The van der Waals surface area contributed by atoms with Gasteiger partial charge in [-0.15, -0.1) is 11.3 Å². The average molecular weight is 347 g/mol. The highest BCUT2D eigenvalue weighted by Crippen LogP contribution is 2.30. The zero-order valence-corrected chi connectivity index (χ0v) is 14.9. The van der Waals surface area contributed by atoms with Crippen molar-refractivity contribution < 1.29 is 4.79 Å². The van der Waals surface area contributed by atoms with Gasteiger partial charge in [0.1, 0.15) is 0 Å². The number of carbonyl (C=O) groups is 1. The van der Waals surface area contributed by atoms with Crippen LogP contribution >= 0.6 is 11.3 Å². The molecule has 0 aliphatic heterocycles. The summed E-state index contributed by atoms with van der Waals surface area (Å²) in [4.78, 5) is 18.1. The first kappa shape index (κ1) is 16.9. The molecule has 5 heteroatoms. The molecule has 4 nitrogen and oxygen atoms in total. The Morgan fingerprint density at radius 2 is 1.96 bits per heavy atom. The molecular weight excluding hydrogens is 330 g/mol. The van der Waals surface area contributed by atoms with Gasteiger partial charge in [0.15, 0.2) is 5.13 Å². The second-order valence-electron chi connectivity index (χ2n) is 5.78. The van der Waals surface area contributed by atoms with E-state index >= 15 is 0 Å². The SMILES string of the molecule is Cc1ccc(-c2nc(NC(=O)c3cccc(CC#N)c3)sc2C)cc1. The Hall–Kier alpha value is -2.97. The van der Waals surface area contributed by atoms with Gasteiger partial charge in [-0.1, -0.05) is 42.0 Å². The van der Waals surface area contributed by atoms with E-state index < -0.39 is 0 Å². The first-order valence-corrected chi connectivity index (χ1v) is 8.70. The molecule has 0 spiro atoms. The maximum Gasteiger partial charge on any atom is 0.257 e. The molecule has 2 aromatic carbocycles. The maximum absolute atomic E-state index is 12.4. The molecule has 1 N–H and O–H groups in total. The van der Waals surface area contributed by atoms with Gasteiger partial charge in [-0.25, -0.2) is 4.98 Å². The van der Waals surface area contributed by atoms with Crippen molar-refractivity contribution >= 4 is 22.4 Å². The lowest BCUT2D eigenvalue weighted by Crippen LogP contribution is -2.11. The van der Waals surface area contributed by atoms with Crippen LogP contribution in [0, 0.1) is 25.2 Å². The van der Waals surface area contributed by atoms with Crippen molar-refractivity contribution in [3.05, 3.63) is 70.1 Å². The summed E-state index contributed by atoms with van der Waals surface area (Å²) in [7, 11) is 0. The predicted molar refractivity (Wildman–Crippen MR) is 101 cm³/mol. The van der Waals surface area contributed by atoms with Gasteiger partial charge in [0.25, 0.3) is 5.91 Å². The van der Waals surface area contributed by atoms with Crippen molar-refractivity contribution in [1.29, 1.82) is 5.26 Å². The number of aromatic nitrogens is 1. The van der Waals surface area contributed by atoms with Gasteiger partial charge in [-0.05, 0) is 31.5 Å². The lowest BCUT2D eigenvalue weighted by Gasteiger charge is -2.03. The number of rotatable bonds is 4. The van der Waals surface area contributed by atoms with Gasteiger partial charge >= 0.3 is 0 Å². The summed E-state index contributed by atoms with van der Waals surface area (Å²) in [5, 5.41) is 12.2. The van der Waals surface area contributed by atoms with Gasteiger partial charge in [0.2, 0.25) is 0 Å². The maximum atomic E-state index is 12.4. The minimum atomic E-state index is -0.219. The summed E-state index contributed by atoms with van der Waals surface area (Å²) < 4.78 is 0. The first-order valence-electron chi connectivity index (χ1n) is 7.88. The number of anilines is 1. The second kappa shape index (κ2) is 7.29. The Balaban J connectivity index is 1.81. The van der Waals surface area contributed by atoms with Crippen molar-refractivity contribution in [1.82, 2.24) is 4.98 Å². The van der Waals surface area contributed by atoms with Crippen LogP contribution in [-0.4, -0.2) is 10.9 Å². The third-order valence-electron chi connectivity index (χ3n) is 3.81. The zero-order chi connectivity index (χ0) is 17.8. The number of hydrogen-bond donors (Lipinski definition) is 1. The molecule has 0 saturated carbocycles. The van der Waals surface area contributed by atoms with Crippen LogP contribution in [0.15, 0.2) is 48.5 Å². The Labute approximate surface area is 150 Å². The van der Waals surface area contributed by atoms with E-state index in [0.29, 0.717) is 10.7 Å². The highest BCUT2D eigenvalue weighted by Gasteiger charge is 2.13. The number of nitrogens with one attached hydrogen (secondary N) is 1. The zero-order valence-electron chi connectivity index (χ0n) is 14.0. The van der Waals surface area contributed by atoms with Crippen molar-refractivity contribution in [2.45, 2.75) is 20.3 Å². The molecule has 0 fully saturated rings. The topological polar surface area (TPSA) is 65.8 Å². The number of aryl methyl sites for hydroxylation is 2.